The van der Waals surface area contributed by atoms with Crippen molar-refractivity contribution in [1.82, 2.24) is 4.98 Å². The van der Waals surface area contributed by atoms with Gasteiger partial charge in [0.1, 0.15) is 4.34 Å². The van der Waals surface area contributed by atoms with Crippen LogP contribution in [0, 0.1) is 0 Å². The third-order valence-electron chi connectivity index (χ3n) is 0.886. The summed E-state index contributed by atoms with van der Waals surface area (Å²) in [5, 5.41) is 0. The highest BCUT2D eigenvalue weighted by molar-refractivity contribution is 8.01. The molecule has 0 amide bonds. The molecule has 1 aromatic rings. The summed E-state index contributed by atoms with van der Waals surface area (Å²) in [7, 11) is 0. The van der Waals surface area contributed by atoms with E-state index < -0.39 is 0 Å². The van der Waals surface area contributed by atoms with Crippen molar-refractivity contribution in [2.45, 2.75) is 11.3 Å². The number of aldehydes is 1. The minimum atomic E-state index is 0.705. The van der Waals surface area contributed by atoms with Crippen molar-refractivity contribution in [2.75, 3.05) is 5.75 Å². The van der Waals surface area contributed by atoms with Gasteiger partial charge in [0.25, 0.3) is 0 Å². The Morgan fingerprint density at radius 2 is 2.70 bits per heavy atom. The zero-order valence-corrected chi connectivity index (χ0v) is 7.17. The third-order valence-corrected chi connectivity index (χ3v) is 2.85. The van der Waals surface area contributed by atoms with Crippen molar-refractivity contribution in [3.05, 3.63) is 11.1 Å². The lowest BCUT2D eigenvalue weighted by Crippen LogP contribution is -1.65. The molecule has 1 rings (SSSR count). The molecule has 0 aromatic carbocycles. The molecule has 0 aliphatic heterocycles. The Morgan fingerprint density at radius 1 is 1.90 bits per heavy atom. The third kappa shape index (κ3) is 1.82. The average molecular weight is 173 g/mol. The van der Waals surface area contributed by atoms with E-state index in [1.807, 2.05) is 0 Å². The van der Waals surface area contributed by atoms with Crippen LogP contribution >= 0.6 is 23.1 Å². The van der Waals surface area contributed by atoms with Crippen LogP contribution in [0.15, 0.2) is 10.5 Å². The van der Waals surface area contributed by atoms with Crippen LogP contribution in [0.25, 0.3) is 0 Å². The first-order chi connectivity index (χ1) is 4.86. The second-order valence-electron chi connectivity index (χ2n) is 1.58. The van der Waals surface area contributed by atoms with Gasteiger partial charge in [0.2, 0.25) is 0 Å². The van der Waals surface area contributed by atoms with Gasteiger partial charge in [0, 0.05) is 6.20 Å². The second-order valence-corrected chi connectivity index (χ2v) is 4.15. The molecule has 0 spiro atoms. The van der Waals surface area contributed by atoms with E-state index in [1.165, 1.54) is 11.3 Å². The topological polar surface area (TPSA) is 30.0 Å². The van der Waals surface area contributed by atoms with Gasteiger partial charge in [-0.25, -0.2) is 4.98 Å². The number of carbonyl (C=O) groups is 1. The van der Waals surface area contributed by atoms with Crippen molar-refractivity contribution in [1.29, 1.82) is 0 Å². The molecule has 0 saturated heterocycles. The van der Waals surface area contributed by atoms with Crippen LogP contribution in [-0.2, 0) is 0 Å². The lowest BCUT2D eigenvalue weighted by Gasteiger charge is -1.84. The number of hydrogen-bond donors (Lipinski definition) is 0. The Balaban J connectivity index is 2.68. The number of aromatic nitrogens is 1. The molecule has 10 heavy (non-hydrogen) atoms. The van der Waals surface area contributed by atoms with Crippen LogP contribution in [0.4, 0.5) is 0 Å². The molecule has 54 valence electrons. The van der Waals surface area contributed by atoms with E-state index in [1.54, 1.807) is 18.0 Å². The van der Waals surface area contributed by atoms with E-state index in [4.69, 9.17) is 0 Å². The molecule has 4 heteroatoms. The lowest BCUT2D eigenvalue weighted by atomic mass is 10.6. The number of thiazole rings is 1. The minimum Gasteiger partial charge on any atom is -0.297 e. The van der Waals surface area contributed by atoms with Crippen molar-refractivity contribution in [3.63, 3.8) is 0 Å². The van der Waals surface area contributed by atoms with Gasteiger partial charge in [0.05, 0.1) is 4.88 Å². The minimum absolute atomic E-state index is 0.705. The van der Waals surface area contributed by atoms with E-state index in [9.17, 15) is 4.79 Å². The van der Waals surface area contributed by atoms with Gasteiger partial charge in [-0.15, -0.1) is 11.3 Å². The highest BCUT2D eigenvalue weighted by Crippen LogP contribution is 2.22. The molecule has 0 atom stereocenters. The molecule has 0 bridgehead atoms. The fourth-order valence-electron chi connectivity index (χ4n) is 0.515. The second kappa shape index (κ2) is 3.73. The largest absolute Gasteiger partial charge is 0.297 e. The molecule has 0 fully saturated rings. The molecule has 0 aliphatic carbocycles. The average Bonchev–Trinajstić information content (AvgIpc) is 2.37. The standard InChI is InChI=1S/C6H7NOS2/c1-2-9-6-7-3-5(4-8)10-6/h3-4H,2H2,1H3. The number of carbonyl (C=O) groups excluding carboxylic acids is 1. The maximum atomic E-state index is 10.2. The molecular formula is C6H7NOS2. The molecule has 1 aromatic heterocycles. The normalized spacial score (nSPS) is 9.70. The predicted molar refractivity (Wildman–Crippen MR) is 43.9 cm³/mol. The maximum Gasteiger partial charge on any atom is 0.161 e. The molecule has 0 N–H and O–H groups in total. The number of nitrogens with zero attached hydrogens (tertiary/aromatic N) is 1. The highest BCUT2D eigenvalue weighted by Gasteiger charge is 1.98. The summed E-state index contributed by atoms with van der Waals surface area (Å²) >= 11 is 3.10. The zero-order valence-electron chi connectivity index (χ0n) is 5.53. The van der Waals surface area contributed by atoms with Crippen LogP contribution in [-0.4, -0.2) is 17.0 Å². The van der Waals surface area contributed by atoms with Gasteiger partial charge in [-0.2, -0.15) is 0 Å². The van der Waals surface area contributed by atoms with Crippen molar-refractivity contribution in [2.24, 2.45) is 0 Å². The summed E-state index contributed by atoms with van der Waals surface area (Å²) in [5.41, 5.74) is 0. The molecule has 0 unspecified atom stereocenters. The number of hydrogen-bond acceptors (Lipinski definition) is 4. The van der Waals surface area contributed by atoms with Crippen LogP contribution in [0.5, 0.6) is 0 Å². The summed E-state index contributed by atoms with van der Waals surface area (Å²) in [5.74, 6) is 1.01. The van der Waals surface area contributed by atoms with E-state index in [0.29, 0.717) is 4.88 Å². The molecule has 0 saturated carbocycles. The molecule has 0 radical (unpaired) electrons. The van der Waals surface area contributed by atoms with E-state index >= 15 is 0 Å². The molecule has 1 heterocycles. The first-order valence-corrected chi connectivity index (χ1v) is 4.71. The monoisotopic (exact) mass is 173 g/mol. The van der Waals surface area contributed by atoms with Gasteiger partial charge in [-0.05, 0) is 5.75 Å². The summed E-state index contributed by atoms with van der Waals surface area (Å²) in [6, 6.07) is 0. The van der Waals surface area contributed by atoms with Crippen LogP contribution < -0.4 is 0 Å². The van der Waals surface area contributed by atoms with Crippen molar-refractivity contribution in [3.8, 4) is 0 Å². The molecular weight excluding hydrogens is 166 g/mol. The van der Waals surface area contributed by atoms with Crippen LogP contribution in [0.3, 0.4) is 0 Å². The maximum absolute atomic E-state index is 10.2. The fraction of sp³-hybridized carbons (Fsp3) is 0.333. The fourth-order valence-corrected chi connectivity index (χ4v) is 2.23. The van der Waals surface area contributed by atoms with Gasteiger partial charge in [-0.3, -0.25) is 4.79 Å². The van der Waals surface area contributed by atoms with Gasteiger partial charge in [-0.1, -0.05) is 18.7 Å². The Bertz CT molecular complexity index is 221. The quantitative estimate of drug-likeness (QED) is 0.517. The first-order valence-electron chi connectivity index (χ1n) is 2.90. The summed E-state index contributed by atoms with van der Waals surface area (Å²) in [6.45, 7) is 2.06. The Hall–Kier alpha value is -0.350. The number of rotatable bonds is 3. The smallest absolute Gasteiger partial charge is 0.161 e. The highest BCUT2D eigenvalue weighted by atomic mass is 32.2. The predicted octanol–water partition coefficient (Wildman–Crippen LogP) is 2.07. The molecule has 2 nitrogen and oxygen atoms in total. The Labute approximate surface area is 67.7 Å². The van der Waals surface area contributed by atoms with Crippen molar-refractivity contribution < 1.29 is 4.79 Å². The zero-order chi connectivity index (χ0) is 7.40. The Kier molecular flexibility index (Phi) is 2.89. The van der Waals surface area contributed by atoms with Crippen LogP contribution in [0.1, 0.15) is 16.6 Å². The summed E-state index contributed by atoms with van der Waals surface area (Å²) in [4.78, 5) is 14.9. The van der Waals surface area contributed by atoms with Crippen molar-refractivity contribution >= 4 is 29.4 Å². The lowest BCUT2D eigenvalue weighted by molar-refractivity contribution is 0.112. The van der Waals surface area contributed by atoms with Gasteiger partial charge >= 0.3 is 0 Å². The summed E-state index contributed by atoms with van der Waals surface area (Å²) < 4.78 is 0.976. The SMILES string of the molecule is CCSc1ncc(C=O)s1. The van der Waals surface area contributed by atoms with Gasteiger partial charge in [0.15, 0.2) is 6.29 Å². The van der Waals surface area contributed by atoms with Crippen LogP contribution in [0.2, 0.25) is 0 Å². The van der Waals surface area contributed by atoms with E-state index in [-0.39, 0.29) is 0 Å². The molecule has 0 aliphatic rings. The number of thioether (sulfide) groups is 1. The first kappa shape index (κ1) is 7.75. The van der Waals surface area contributed by atoms with E-state index in [2.05, 4.69) is 11.9 Å². The van der Waals surface area contributed by atoms with E-state index in [0.717, 1.165) is 16.4 Å². The Morgan fingerprint density at radius 3 is 3.20 bits per heavy atom. The van der Waals surface area contributed by atoms with Gasteiger partial charge < -0.3 is 0 Å². The summed E-state index contributed by atoms with van der Waals surface area (Å²) in [6.07, 6.45) is 2.44.